The van der Waals surface area contributed by atoms with Gasteiger partial charge in [-0.2, -0.15) is 59.8 Å². The van der Waals surface area contributed by atoms with Gasteiger partial charge in [0, 0.05) is 81.6 Å². The van der Waals surface area contributed by atoms with Crippen molar-refractivity contribution >= 4 is 71.4 Å². The number of rotatable bonds is 21. The number of hydrogen-bond donors (Lipinski definition) is 15. The molecule has 0 aliphatic heterocycles. The third kappa shape index (κ3) is 30.1. The third-order valence-electron chi connectivity index (χ3n) is 23.6. The van der Waals surface area contributed by atoms with E-state index in [1.54, 1.807) is 21.1 Å². The molecule has 0 saturated heterocycles. The maximum atomic E-state index is 11.2. The highest BCUT2D eigenvalue weighted by atomic mass is 16.3. The number of nitrogens with zero attached hydrogens (tertiary/aromatic N) is 15. The number of benzene rings is 6. The number of aromatic hydroxyl groups is 6. The van der Waals surface area contributed by atoms with Crippen LogP contribution < -0.4 is 63.8 Å². The van der Waals surface area contributed by atoms with Crippen molar-refractivity contribution in [3.05, 3.63) is 173 Å². The third-order valence-corrected chi connectivity index (χ3v) is 23.6. The van der Waals surface area contributed by atoms with Crippen LogP contribution in [0.1, 0.15) is 349 Å². The summed E-state index contributed by atoms with van der Waals surface area (Å²) in [5.41, 5.74) is 32.2. The van der Waals surface area contributed by atoms with Crippen molar-refractivity contribution in [2.75, 3.05) is 106 Å². The molecule has 10 aromatic rings. The second kappa shape index (κ2) is 42.2. The lowest BCUT2D eigenvalue weighted by Gasteiger charge is -2.29. The number of hydrogen-bond acceptors (Lipinski definition) is 30. The van der Waals surface area contributed by atoms with Crippen molar-refractivity contribution in [2.24, 2.45) is 0 Å². The van der Waals surface area contributed by atoms with Gasteiger partial charge in [0.15, 0.2) is 0 Å². The normalized spacial score (nSPS) is 12.6. The predicted molar refractivity (Wildman–Crippen MR) is 573 cm³/mol. The van der Waals surface area contributed by atoms with E-state index >= 15 is 0 Å². The van der Waals surface area contributed by atoms with Gasteiger partial charge in [0.2, 0.25) is 71.4 Å². The second-order valence-electron chi connectivity index (χ2n) is 48.9. The molecule has 0 fully saturated rings. The molecule has 0 saturated carbocycles. The molecule has 0 amide bonds. The summed E-state index contributed by atoms with van der Waals surface area (Å²) in [7, 11) is 11.3. The molecule has 18 N–H and O–H groups in total. The zero-order valence-corrected chi connectivity index (χ0v) is 91.3. The van der Waals surface area contributed by atoms with Crippen LogP contribution in [0.5, 0.6) is 34.5 Å². The van der Waals surface area contributed by atoms with Crippen molar-refractivity contribution in [3.63, 3.8) is 0 Å². The Morgan fingerprint density at radius 1 is 0.210 bits per heavy atom. The highest BCUT2D eigenvalue weighted by molar-refractivity contribution is 5.59. The topological polar surface area (TPSA) is 436 Å². The van der Waals surface area contributed by atoms with Crippen molar-refractivity contribution in [1.29, 1.82) is 0 Å². The average Bonchev–Trinajstić information content (AvgIpc) is 0.795. The van der Waals surface area contributed by atoms with Gasteiger partial charge in [-0.25, -0.2) is 0 Å². The first kappa shape index (κ1) is 113. The number of nitrogen functional groups attached to an aromatic ring is 3. The molecule has 0 aliphatic rings. The zero-order chi connectivity index (χ0) is 105. The van der Waals surface area contributed by atoms with Crippen LogP contribution in [0.2, 0.25) is 0 Å². The molecule has 30 nitrogen and oxygen atoms in total. The van der Waals surface area contributed by atoms with Crippen LogP contribution in [-0.2, 0) is 104 Å². The van der Waals surface area contributed by atoms with Gasteiger partial charge in [-0.05, 0) is 238 Å². The van der Waals surface area contributed by atoms with Crippen LogP contribution in [-0.4, -0.2) is 133 Å². The number of phenols is 6. The first-order valence-corrected chi connectivity index (χ1v) is 47.6. The van der Waals surface area contributed by atoms with Crippen LogP contribution in [0, 0.1) is 0 Å². The summed E-state index contributed by atoms with van der Waals surface area (Å²) in [6.07, 6.45) is 0. The fourth-order valence-corrected chi connectivity index (χ4v) is 15.8. The van der Waals surface area contributed by atoms with Crippen molar-refractivity contribution in [2.45, 2.75) is 354 Å². The summed E-state index contributed by atoms with van der Waals surface area (Å²) in [6, 6.07) is 24.7. The van der Waals surface area contributed by atoms with Gasteiger partial charge < -0.3 is 94.4 Å². The Balaban J connectivity index is 0.000000257. The number of aromatic nitrogens is 12. The Morgan fingerprint density at radius 3 is 0.529 bits per heavy atom. The van der Waals surface area contributed by atoms with Gasteiger partial charge in [0.1, 0.15) is 34.5 Å². The highest BCUT2D eigenvalue weighted by Crippen LogP contribution is 2.48. The standard InChI is InChI=1S/C36H56N6O2.C33H50N6O2.C21H34N6O.C18H28N6O/c1-33(2,3)24-16-22(17-25(28(24)43)34(4,5)6)20-41(14)31-38-30(37-13)39-32(40-31)42(15)21-23-18-26(35(7,8)9)29(44)27(19-23)36(10,11)12;1-30(2,3)21-13-19(14-22(25(21)40)31(4,5)6)17-35-28-37-27(34)38-29(39-28)36-18-20-15-23(32(7,8)9)26(41)24(16-20)33(10,11)12;1-20(2,3)14-10-13(11-15(16(14)28)21(4,5)6)12-27(9)19-25-17(22-7)24-18(23-8)26-19;1-17(2,3)11-7-10(8-12(13(11)25)18(4,5)6)9-21-16-23-14(19)22-15(20)24-16/h16-19,43-44H,20-21H2,1-15H3,(H,37,38,39,40);13-16,40-41H,17-18H2,1-12H3,(H4,34,35,36,37,38,39);10-11,28H,12H2,1-9H3,(H2,22,23,24,25,26);7-8,25H,9H2,1-6H3,(H5,19,20,21,22,23,24). The molecule has 0 spiro atoms. The largest absolute Gasteiger partial charge is 0.507 e. The predicted octanol–water partition coefficient (Wildman–Crippen LogP) is 21.9. The minimum Gasteiger partial charge on any atom is -0.507 e. The Bertz CT molecular complexity index is 5440. The minimum absolute atomic E-state index is 0.0754. The zero-order valence-electron chi connectivity index (χ0n) is 91.3. The maximum Gasteiger partial charge on any atom is 0.232 e. The Hall–Kier alpha value is -12.2. The summed E-state index contributed by atoms with van der Waals surface area (Å²) in [5.74, 6) is 6.67. The van der Waals surface area contributed by atoms with Crippen LogP contribution in [0.15, 0.2) is 72.8 Å². The van der Waals surface area contributed by atoms with Gasteiger partial charge in [0.25, 0.3) is 0 Å². The summed E-state index contributed by atoms with van der Waals surface area (Å²) >= 11 is 0. The molecular formula is C108H168N24O6. The Kier molecular flexibility index (Phi) is 34.5. The summed E-state index contributed by atoms with van der Waals surface area (Å²) in [6.45, 7) is 79.0. The van der Waals surface area contributed by atoms with Crippen molar-refractivity contribution in [1.82, 2.24) is 59.8 Å². The first-order chi connectivity index (χ1) is 62.7. The first-order valence-electron chi connectivity index (χ1n) is 47.6. The Morgan fingerprint density at radius 2 is 0.355 bits per heavy atom. The fourth-order valence-electron chi connectivity index (χ4n) is 15.8. The molecule has 0 radical (unpaired) electrons. The van der Waals surface area contributed by atoms with E-state index in [9.17, 15) is 30.6 Å². The van der Waals surface area contributed by atoms with Crippen molar-refractivity contribution in [3.8, 4) is 34.5 Å². The molecule has 30 heteroatoms. The SMILES string of the molecule is CC(C)(C)c1cc(CNc2nc(N)nc(N)n2)cc(C(C)(C)C)c1O.CC(C)(C)c1cc(CNc2nc(N)nc(NCc3cc(C(C)(C)C)c(O)c(C(C)(C)C)c3)n2)cc(C(C)(C)C)c1O.CNc1nc(N(C)Cc2cc(C(C)(C)C)c(O)c(C(C)(C)C)c2)nc(N(C)Cc2cc(C(C)(C)C)c(O)c(C(C)(C)C)c2)n1.CNc1nc(NC)nc(N(C)Cc2cc(C(C)(C)C)c(O)c(C(C)(C)C)c2)n1. The smallest absolute Gasteiger partial charge is 0.232 e. The second-order valence-corrected chi connectivity index (χ2v) is 48.9. The van der Waals surface area contributed by atoms with Crippen LogP contribution in [0.25, 0.3) is 0 Å². The van der Waals surface area contributed by atoms with E-state index in [-0.39, 0.29) is 82.8 Å². The van der Waals surface area contributed by atoms with E-state index in [1.807, 2.05) is 72.2 Å². The number of nitrogens with two attached hydrogens (primary N) is 3. The van der Waals surface area contributed by atoms with E-state index in [2.05, 4.69) is 372 Å². The number of phenolic OH excluding ortho intramolecular Hbond substituents is 6. The van der Waals surface area contributed by atoms with Crippen LogP contribution in [0.3, 0.4) is 0 Å². The molecule has 138 heavy (non-hydrogen) atoms. The van der Waals surface area contributed by atoms with Crippen LogP contribution >= 0.6 is 0 Å². The summed E-state index contributed by atoms with van der Waals surface area (Å²) in [4.78, 5) is 58.4. The molecule has 0 aliphatic carbocycles. The molecule has 0 unspecified atom stereocenters. The lowest BCUT2D eigenvalue weighted by Crippen LogP contribution is -2.25. The highest BCUT2D eigenvalue weighted by Gasteiger charge is 2.35. The average molecular weight is 1900 g/mol. The molecule has 0 bridgehead atoms. The lowest BCUT2D eigenvalue weighted by molar-refractivity contribution is 0.421. The molecule has 4 aromatic heterocycles. The van der Waals surface area contributed by atoms with E-state index in [0.717, 1.165) is 100 Å². The quantitative estimate of drug-likeness (QED) is 0.0318. The molecule has 10 rings (SSSR count). The maximum absolute atomic E-state index is 11.2. The molecule has 4 heterocycles. The number of nitrogens with one attached hydrogen (secondary N) is 6. The molecular weight excluding hydrogens is 1730 g/mol. The van der Waals surface area contributed by atoms with Crippen molar-refractivity contribution < 1.29 is 30.6 Å². The summed E-state index contributed by atoms with van der Waals surface area (Å²) < 4.78 is 0. The van der Waals surface area contributed by atoms with Gasteiger partial charge in [0.05, 0.1) is 0 Å². The number of anilines is 12. The van der Waals surface area contributed by atoms with Crippen LogP contribution in [0.4, 0.5) is 71.4 Å². The van der Waals surface area contributed by atoms with Gasteiger partial charge in [-0.1, -0.05) is 249 Å². The van der Waals surface area contributed by atoms with Gasteiger partial charge >= 0.3 is 0 Å². The van der Waals surface area contributed by atoms with Gasteiger partial charge in [-0.15, -0.1) is 0 Å². The monoisotopic (exact) mass is 1900 g/mol. The molecule has 0 atom stereocenters. The Labute approximate surface area is 824 Å². The molecule has 756 valence electrons. The van der Waals surface area contributed by atoms with E-state index in [1.165, 1.54) is 0 Å². The van der Waals surface area contributed by atoms with E-state index < -0.39 is 0 Å². The minimum atomic E-state index is -0.220. The lowest BCUT2D eigenvalue weighted by atomic mass is 9.78. The molecule has 6 aromatic carbocycles. The van der Waals surface area contributed by atoms with E-state index in [4.69, 9.17) is 22.2 Å². The fraction of sp³-hybridized carbons (Fsp3) is 0.556. The van der Waals surface area contributed by atoms with Gasteiger partial charge in [-0.3, -0.25) is 0 Å². The van der Waals surface area contributed by atoms with E-state index in [0.29, 0.717) is 127 Å². The summed E-state index contributed by atoms with van der Waals surface area (Å²) in [5, 5.41) is 84.8.